The van der Waals surface area contributed by atoms with Gasteiger partial charge < -0.3 is 19.7 Å². The highest BCUT2D eigenvalue weighted by atomic mass is 16.6. The molecule has 2 unspecified atom stereocenters. The summed E-state index contributed by atoms with van der Waals surface area (Å²) in [6.07, 6.45) is 11.7. The molecule has 0 bridgehead atoms. The maximum atomic E-state index is 12.9. The molecule has 2 saturated heterocycles. The van der Waals surface area contributed by atoms with Crippen molar-refractivity contribution in [2.24, 2.45) is 0 Å². The minimum Gasteiger partial charge on any atom is -0.377 e. The van der Waals surface area contributed by atoms with Gasteiger partial charge in [-0.15, -0.1) is 0 Å². The fraction of sp³-hybridized carbons (Fsp3) is 0.636. The van der Waals surface area contributed by atoms with Crippen molar-refractivity contribution < 1.29 is 19.1 Å². The van der Waals surface area contributed by atoms with Gasteiger partial charge in [-0.05, 0) is 44.6 Å². The summed E-state index contributed by atoms with van der Waals surface area (Å²) in [6.45, 7) is 2.60. The first kappa shape index (κ1) is 20.9. The molecule has 8 heteroatoms. The van der Waals surface area contributed by atoms with Gasteiger partial charge >= 0.3 is 0 Å². The van der Waals surface area contributed by atoms with Crippen LogP contribution in [-0.4, -0.2) is 71.5 Å². The molecular formula is C22H30N4O4. The van der Waals surface area contributed by atoms with Gasteiger partial charge in [-0.3, -0.25) is 9.59 Å². The number of ether oxygens (including phenoxy) is 2. The molecule has 1 N–H and O–H groups in total. The molecule has 2 atom stereocenters. The lowest BCUT2D eigenvalue weighted by molar-refractivity contribution is -0.135. The zero-order chi connectivity index (χ0) is 20.8. The van der Waals surface area contributed by atoms with Crippen molar-refractivity contribution in [3.05, 3.63) is 35.7 Å². The van der Waals surface area contributed by atoms with Crippen molar-refractivity contribution in [1.82, 2.24) is 20.4 Å². The van der Waals surface area contributed by atoms with Crippen molar-refractivity contribution in [1.29, 1.82) is 0 Å². The third-order valence-corrected chi connectivity index (χ3v) is 6.14. The standard InChI is InChI=1S/C22H30N4O4/c27-20(12-17-4-2-1-3-5-17)26-10-11-29-16-22(15-26)8-6-19(30-22)14-23-21(28)18-7-9-24-25-13-18/h4,7,9,13,19H,1-3,5-6,8,10-12,14-16H2,(H,23,28). The third kappa shape index (κ3) is 5.23. The van der Waals surface area contributed by atoms with Crippen LogP contribution in [0.2, 0.25) is 0 Å². The molecule has 0 aromatic carbocycles. The number of amides is 2. The Morgan fingerprint density at radius 3 is 3.03 bits per heavy atom. The minimum atomic E-state index is -0.485. The van der Waals surface area contributed by atoms with E-state index in [0.717, 1.165) is 25.7 Å². The van der Waals surface area contributed by atoms with E-state index in [1.807, 2.05) is 4.90 Å². The topological polar surface area (TPSA) is 93.7 Å². The van der Waals surface area contributed by atoms with Gasteiger partial charge in [0.2, 0.25) is 5.91 Å². The van der Waals surface area contributed by atoms with Crippen LogP contribution in [0.15, 0.2) is 30.1 Å². The first-order valence-electron chi connectivity index (χ1n) is 10.9. The largest absolute Gasteiger partial charge is 0.377 e. The second kappa shape index (κ2) is 9.66. The lowest BCUT2D eigenvalue weighted by Crippen LogP contribution is -2.47. The summed E-state index contributed by atoms with van der Waals surface area (Å²) < 4.78 is 12.2. The van der Waals surface area contributed by atoms with Gasteiger partial charge in [-0.1, -0.05) is 11.6 Å². The summed E-state index contributed by atoms with van der Waals surface area (Å²) in [4.78, 5) is 27.1. The second-order valence-electron chi connectivity index (χ2n) is 8.46. The normalized spacial score (nSPS) is 26.9. The smallest absolute Gasteiger partial charge is 0.253 e. The Bertz CT molecular complexity index is 785. The molecule has 1 spiro atoms. The van der Waals surface area contributed by atoms with Crippen LogP contribution >= 0.6 is 0 Å². The summed E-state index contributed by atoms with van der Waals surface area (Å²) in [5, 5.41) is 10.3. The maximum Gasteiger partial charge on any atom is 0.253 e. The molecule has 2 amide bonds. The Labute approximate surface area is 177 Å². The number of nitrogens with zero attached hydrogens (tertiary/aromatic N) is 3. The number of nitrogens with one attached hydrogen (secondary N) is 1. The average molecular weight is 415 g/mol. The van der Waals surface area contributed by atoms with Crippen LogP contribution < -0.4 is 5.32 Å². The van der Waals surface area contributed by atoms with Crippen LogP contribution in [-0.2, 0) is 14.3 Å². The van der Waals surface area contributed by atoms with E-state index in [1.165, 1.54) is 30.8 Å². The predicted octanol–water partition coefficient (Wildman–Crippen LogP) is 1.87. The average Bonchev–Trinajstić information content (AvgIpc) is 3.05. The molecule has 0 radical (unpaired) electrons. The highest BCUT2D eigenvalue weighted by molar-refractivity contribution is 5.93. The fourth-order valence-corrected chi connectivity index (χ4v) is 4.48. The van der Waals surface area contributed by atoms with Crippen molar-refractivity contribution in [2.75, 3.05) is 32.8 Å². The van der Waals surface area contributed by atoms with Gasteiger partial charge in [0.15, 0.2) is 0 Å². The minimum absolute atomic E-state index is 0.0940. The number of allylic oxidation sites excluding steroid dienone is 1. The highest BCUT2D eigenvalue weighted by Gasteiger charge is 2.44. The predicted molar refractivity (Wildman–Crippen MR) is 110 cm³/mol. The zero-order valence-electron chi connectivity index (χ0n) is 17.3. The number of rotatable bonds is 5. The molecule has 30 heavy (non-hydrogen) atoms. The van der Waals surface area contributed by atoms with Gasteiger partial charge in [-0.25, -0.2) is 0 Å². The zero-order valence-corrected chi connectivity index (χ0v) is 17.3. The summed E-state index contributed by atoms with van der Waals surface area (Å²) in [6, 6.07) is 1.63. The van der Waals surface area contributed by atoms with Crippen LogP contribution in [0.5, 0.6) is 0 Å². The van der Waals surface area contributed by atoms with Crippen LogP contribution in [0.4, 0.5) is 0 Å². The third-order valence-electron chi connectivity index (χ3n) is 6.14. The van der Waals surface area contributed by atoms with Gasteiger partial charge in [0.1, 0.15) is 5.60 Å². The molecule has 2 aliphatic heterocycles. The van der Waals surface area contributed by atoms with Gasteiger partial charge in [0, 0.05) is 19.5 Å². The van der Waals surface area contributed by atoms with Crippen molar-refractivity contribution in [3.8, 4) is 0 Å². The Hall–Kier alpha value is -2.32. The SMILES string of the molecule is O=C(NCC1CCC2(COCCN(C(=O)CC3=CCCCC3)C2)O1)c1ccnnc1. The number of aromatic nitrogens is 2. The van der Waals surface area contributed by atoms with Crippen LogP contribution in [0.3, 0.4) is 0 Å². The summed E-state index contributed by atoms with van der Waals surface area (Å²) in [5.41, 5.74) is 1.26. The number of carbonyl (C=O) groups is 2. The van der Waals surface area contributed by atoms with E-state index in [0.29, 0.717) is 44.8 Å². The second-order valence-corrected chi connectivity index (χ2v) is 8.46. The van der Waals surface area contributed by atoms with Crippen LogP contribution in [0, 0.1) is 0 Å². The van der Waals surface area contributed by atoms with E-state index in [9.17, 15) is 9.59 Å². The molecule has 3 heterocycles. The number of hydrogen-bond donors (Lipinski definition) is 1. The molecule has 2 fully saturated rings. The monoisotopic (exact) mass is 414 g/mol. The molecule has 3 aliphatic rings. The van der Waals surface area contributed by atoms with Crippen molar-refractivity contribution in [3.63, 3.8) is 0 Å². The van der Waals surface area contributed by atoms with Crippen molar-refractivity contribution >= 4 is 11.8 Å². The Kier molecular flexibility index (Phi) is 6.74. The summed E-state index contributed by atoms with van der Waals surface area (Å²) in [5.74, 6) is -0.0253. The summed E-state index contributed by atoms with van der Waals surface area (Å²) >= 11 is 0. The molecular weight excluding hydrogens is 384 g/mol. The van der Waals surface area contributed by atoms with E-state index >= 15 is 0 Å². The molecule has 8 nitrogen and oxygen atoms in total. The molecule has 1 aromatic rings. The molecule has 162 valence electrons. The fourth-order valence-electron chi connectivity index (χ4n) is 4.48. The Balaban J connectivity index is 1.31. The van der Waals surface area contributed by atoms with Crippen molar-refractivity contribution in [2.45, 2.75) is 56.7 Å². The van der Waals surface area contributed by atoms with E-state index < -0.39 is 5.60 Å². The van der Waals surface area contributed by atoms with E-state index in [-0.39, 0.29) is 17.9 Å². The number of hydrogen-bond acceptors (Lipinski definition) is 6. The van der Waals surface area contributed by atoms with Crippen LogP contribution in [0.1, 0.15) is 55.3 Å². The van der Waals surface area contributed by atoms with Gasteiger partial charge in [0.25, 0.3) is 5.91 Å². The molecule has 4 rings (SSSR count). The number of carbonyl (C=O) groups excluding carboxylic acids is 2. The quantitative estimate of drug-likeness (QED) is 0.740. The lowest BCUT2D eigenvalue weighted by atomic mass is 9.96. The van der Waals surface area contributed by atoms with E-state index in [4.69, 9.17) is 9.47 Å². The first-order chi connectivity index (χ1) is 14.6. The highest BCUT2D eigenvalue weighted by Crippen LogP contribution is 2.33. The van der Waals surface area contributed by atoms with Crippen LogP contribution in [0.25, 0.3) is 0 Å². The first-order valence-corrected chi connectivity index (χ1v) is 10.9. The van der Waals surface area contributed by atoms with Gasteiger partial charge in [0.05, 0.1) is 43.8 Å². The lowest BCUT2D eigenvalue weighted by Gasteiger charge is -2.32. The van der Waals surface area contributed by atoms with Gasteiger partial charge in [-0.2, -0.15) is 10.2 Å². The molecule has 1 aliphatic carbocycles. The molecule has 1 aromatic heterocycles. The Morgan fingerprint density at radius 2 is 2.23 bits per heavy atom. The summed E-state index contributed by atoms with van der Waals surface area (Å²) in [7, 11) is 0. The maximum absolute atomic E-state index is 12.9. The Morgan fingerprint density at radius 1 is 1.30 bits per heavy atom. The van der Waals surface area contributed by atoms with E-state index in [1.54, 1.807) is 6.07 Å². The van der Waals surface area contributed by atoms with E-state index in [2.05, 4.69) is 21.6 Å². The molecule has 0 saturated carbocycles.